The standard InChI is InChI=1S/C31H33N5O4/c1-22-11-8-9-16-26(22)35-28(20-27(33-35)31(2,3)4)32-29(37)21-34(18-17-23-12-6-5-7-13-23)30(38)24-14-10-15-25(19-24)36(39)40/h5-16,19-20H,17-18,21H2,1-4H3,(H,32,37). The van der Waals surface area contributed by atoms with Gasteiger partial charge in [-0.15, -0.1) is 0 Å². The lowest BCUT2D eigenvalue weighted by molar-refractivity contribution is -0.384. The van der Waals surface area contributed by atoms with Crippen LogP contribution in [0, 0.1) is 17.0 Å². The Morgan fingerprint density at radius 3 is 2.35 bits per heavy atom. The van der Waals surface area contributed by atoms with Gasteiger partial charge >= 0.3 is 0 Å². The van der Waals surface area contributed by atoms with Crippen molar-refractivity contribution in [1.29, 1.82) is 0 Å². The quantitative estimate of drug-likeness (QED) is 0.216. The monoisotopic (exact) mass is 539 g/mol. The number of carbonyl (C=O) groups is 2. The van der Waals surface area contributed by atoms with Crippen LogP contribution in [0.1, 0.15) is 48.0 Å². The maximum absolute atomic E-state index is 13.5. The summed E-state index contributed by atoms with van der Waals surface area (Å²) in [7, 11) is 0. The second-order valence-electron chi connectivity index (χ2n) is 10.7. The molecule has 0 spiro atoms. The van der Waals surface area contributed by atoms with Gasteiger partial charge in [-0.2, -0.15) is 5.10 Å². The number of anilines is 1. The van der Waals surface area contributed by atoms with Crippen LogP contribution in [0.2, 0.25) is 0 Å². The minimum atomic E-state index is -0.544. The number of hydrogen-bond donors (Lipinski definition) is 1. The molecule has 0 saturated carbocycles. The summed E-state index contributed by atoms with van der Waals surface area (Å²) in [6.07, 6.45) is 0.518. The van der Waals surface area contributed by atoms with Crippen molar-refractivity contribution in [2.24, 2.45) is 0 Å². The first-order valence-electron chi connectivity index (χ1n) is 13.1. The van der Waals surface area contributed by atoms with Gasteiger partial charge < -0.3 is 10.2 Å². The molecule has 0 atom stereocenters. The summed E-state index contributed by atoms with van der Waals surface area (Å²) >= 11 is 0. The van der Waals surface area contributed by atoms with Crippen molar-refractivity contribution in [3.8, 4) is 5.69 Å². The van der Waals surface area contributed by atoms with Crippen LogP contribution in [0.5, 0.6) is 0 Å². The molecule has 0 saturated heterocycles. The second kappa shape index (κ2) is 11.9. The smallest absolute Gasteiger partial charge is 0.270 e. The number of amides is 2. The summed E-state index contributed by atoms with van der Waals surface area (Å²) in [5.41, 5.74) is 3.35. The van der Waals surface area contributed by atoms with Crippen LogP contribution in [-0.4, -0.2) is 44.5 Å². The zero-order valence-corrected chi connectivity index (χ0v) is 23.1. The molecule has 3 aromatic carbocycles. The Bertz CT molecular complexity index is 1520. The van der Waals surface area contributed by atoms with E-state index in [0.29, 0.717) is 12.2 Å². The van der Waals surface area contributed by atoms with Crippen molar-refractivity contribution in [3.63, 3.8) is 0 Å². The predicted octanol–water partition coefficient (Wildman–Crippen LogP) is 5.71. The van der Waals surface area contributed by atoms with Crippen molar-refractivity contribution >= 4 is 23.3 Å². The molecule has 0 aliphatic carbocycles. The summed E-state index contributed by atoms with van der Waals surface area (Å²) in [6.45, 7) is 8.13. The van der Waals surface area contributed by atoms with E-state index in [1.54, 1.807) is 4.68 Å². The Balaban J connectivity index is 1.62. The summed E-state index contributed by atoms with van der Waals surface area (Å²) in [5, 5.41) is 19.0. The number of nitro groups is 1. The molecule has 0 unspecified atom stereocenters. The fraction of sp³-hybridized carbons (Fsp3) is 0.258. The SMILES string of the molecule is Cc1ccccc1-n1nc(C(C)(C)C)cc1NC(=O)CN(CCc1ccccc1)C(=O)c1cccc([N+](=O)[O-])c1. The molecule has 9 heteroatoms. The fourth-order valence-corrected chi connectivity index (χ4v) is 4.27. The molecule has 40 heavy (non-hydrogen) atoms. The highest BCUT2D eigenvalue weighted by Crippen LogP contribution is 2.27. The number of aromatic nitrogens is 2. The molecule has 4 aromatic rings. The molecule has 0 radical (unpaired) electrons. The third-order valence-corrected chi connectivity index (χ3v) is 6.53. The number of para-hydroxylation sites is 1. The van der Waals surface area contributed by atoms with Gasteiger partial charge in [-0.05, 0) is 36.6 Å². The normalized spacial score (nSPS) is 11.2. The van der Waals surface area contributed by atoms with Gasteiger partial charge in [0.15, 0.2) is 0 Å². The highest BCUT2D eigenvalue weighted by atomic mass is 16.6. The zero-order valence-electron chi connectivity index (χ0n) is 23.1. The van der Waals surface area contributed by atoms with Crippen LogP contribution >= 0.6 is 0 Å². The first kappa shape index (κ1) is 28.2. The topological polar surface area (TPSA) is 110 Å². The minimum Gasteiger partial charge on any atom is -0.329 e. The van der Waals surface area contributed by atoms with Gasteiger partial charge in [0.2, 0.25) is 5.91 Å². The molecule has 1 heterocycles. The average Bonchev–Trinajstić information content (AvgIpc) is 3.35. The summed E-state index contributed by atoms with van der Waals surface area (Å²) in [6, 6.07) is 24.8. The van der Waals surface area contributed by atoms with E-state index in [1.807, 2.05) is 88.4 Å². The maximum atomic E-state index is 13.5. The Morgan fingerprint density at radius 2 is 1.68 bits per heavy atom. The van der Waals surface area contributed by atoms with Crippen molar-refractivity contribution in [1.82, 2.24) is 14.7 Å². The lowest BCUT2D eigenvalue weighted by Crippen LogP contribution is -2.39. The summed E-state index contributed by atoms with van der Waals surface area (Å²) in [4.78, 5) is 39.1. The van der Waals surface area contributed by atoms with E-state index in [4.69, 9.17) is 5.10 Å². The first-order chi connectivity index (χ1) is 19.0. The zero-order chi connectivity index (χ0) is 28.9. The number of aryl methyl sites for hydroxylation is 1. The highest BCUT2D eigenvalue weighted by molar-refractivity contribution is 5.99. The van der Waals surface area contributed by atoms with Gasteiger partial charge in [-0.25, -0.2) is 4.68 Å². The van der Waals surface area contributed by atoms with Gasteiger partial charge in [0.1, 0.15) is 12.4 Å². The Labute approximate surface area is 233 Å². The van der Waals surface area contributed by atoms with Crippen LogP contribution in [-0.2, 0) is 16.6 Å². The van der Waals surface area contributed by atoms with Crippen LogP contribution in [0.15, 0.2) is 84.9 Å². The van der Waals surface area contributed by atoms with Gasteiger partial charge in [0.05, 0.1) is 16.3 Å². The fourth-order valence-electron chi connectivity index (χ4n) is 4.27. The molecular weight excluding hydrogens is 506 g/mol. The Hall–Kier alpha value is -4.79. The van der Waals surface area contributed by atoms with Crippen LogP contribution in [0.3, 0.4) is 0 Å². The van der Waals surface area contributed by atoms with Crippen LogP contribution < -0.4 is 5.32 Å². The van der Waals surface area contributed by atoms with Crippen molar-refractivity contribution < 1.29 is 14.5 Å². The molecule has 1 N–H and O–H groups in total. The lowest BCUT2D eigenvalue weighted by atomic mass is 9.92. The molecule has 9 nitrogen and oxygen atoms in total. The molecule has 0 fully saturated rings. The Morgan fingerprint density at radius 1 is 0.975 bits per heavy atom. The van der Waals surface area contributed by atoms with E-state index in [9.17, 15) is 19.7 Å². The minimum absolute atomic E-state index is 0.148. The molecule has 0 bridgehead atoms. The molecule has 2 amide bonds. The molecule has 1 aromatic heterocycles. The van der Waals surface area contributed by atoms with Gasteiger partial charge in [-0.3, -0.25) is 19.7 Å². The maximum Gasteiger partial charge on any atom is 0.270 e. The largest absolute Gasteiger partial charge is 0.329 e. The van der Waals surface area contributed by atoms with Gasteiger partial charge in [0, 0.05) is 35.7 Å². The number of nitro benzene ring substituents is 1. The van der Waals surface area contributed by atoms with E-state index >= 15 is 0 Å². The number of carbonyl (C=O) groups excluding carboxylic acids is 2. The number of nitrogens with zero attached hydrogens (tertiary/aromatic N) is 4. The molecule has 0 aliphatic rings. The number of nitrogens with one attached hydrogen (secondary N) is 1. The highest BCUT2D eigenvalue weighted by Gasteiger charge is 2.24. The number of rotatable bonds is 9. The predicted molar refractivity (Wildman–Crippen MR) is 155 cm³/mol. The van der Waals surface area contributed by atoms with Gasteiger partial charge in [-0.1, -0.05) is 75.4 Å². The molecule has 4 rings (SSSR count). The van der Waals surface area contributed by atoms with E-state index in [0.717, 1.165) is 22.5 Å². The number of hydrogen-bond acceptors (Lipinski definition) is 5. The van der Waals surface area contributed by atoms with Crippen molar-refractivity contribution in [2.75, 3.05) is 18.4 Å². The summed E-state index contributed by atoms with van der Waals surface area (Å²) in [5.74, 6) is -0.366. The number of non-ortho nitro benzene ring substituents is 1. The van der Waals surface area contributed by atoms with Crippen LogP contribution in [0.25, 0.3) is 5.69 Å². The van der Waals surface area contributed by atoms with E-state index in [2.05, 4.69) is 5.32 Å². The molecular formula is C31H33N5O4. The van der Waals surface area contributed by atoms with E-state index in [1.165, 1.54) is 29.2 Å². The third kappa shape index (κ3) is 6.79. The van der Waals surface area contributed by atoms with Crippen LogP contribution in [0.4, 0.5) is 11.5 Å². The number of benzene rings is 3. The molecule has 0 aliphatic heterocycles. The molecule has 206 valence electrons. The van der Waals surface area contributed by atoms with Crippen molar-refractivity contribution in [2.45, 2.75) is 39.5 Å². The van der Waals surface area contributed by atoms with E-state index in [-0.39, 0.29) is 29.8 Å². The first-order valence-corrected chi connectivity index (χ1v) is 13.1. The van der Waals surface area contributed by atoms with E-state index < -0.39 is 16.7 Å². The van der Waals surface area contributed by atoms with Crippen molar-refractivity contribution in [3.05, 3.63) is 117 Å². The lowest BCUT2D eigenvalue weighted by Gasteiger charge is -2.22. The van der Waals surface area contributed by atoms with Gasteiger partial charge in [0.25, 0.3) is 11.6 Å². The third-order valence-electron chi connectivity index (χ3n) is 6.53. The average molecular weight is 540 g/mol. The Kier molecular flexibility index (Phi) is 8.43. The summed E-state index contributed by atoms with van der Waals surface area (Å²) < 4.78 is 1.71. The second-order valence-corrected chi connectivity index (χ2v) is 10.7.